The SMILES string of the molecule is CN=[C-]c1cnccn1.CN=[C-]c1ncccn1.[U].[U]. The fourth-order valence-corrected chi connectivity index (χ4v) is 0.928. The molecule has 0 atom stereocenters. The summed E-state index contributed by atoms with van der Waals surface area (Å²) in [6.07, 6.45) is 13.4. The van der Waals surface area contributed by atoms with E-state index in [0.29, 0.717) is 11.5 Å². The van der Waals surface area contributed by atoms with Crippen molar-refractivity contribution >= 4 is 12.4 Å². The molecule has 0 amide bonds. The molecule has 0 fully saturated rings. The maximum atomic E-state index is 3.90. The van der Waals surface area contributed by atoms with Crippen LogP contribution in [-0.2, 0) is 0 Å². The number of rotatable bonds is 2. The molecule has 20 heavy (non-hydrogen) atoms. The van der Waals surface area contributed by atoms with Gasteiger partial charge in [0, 0.05) is 94.1 Å². The second-order valence-electron chi connectivity index (χ2n) is 2.83. The van der Waals surface area contributed by atoms with Crippen LogP contribution in [0.1, 0.15) is 11.5 Å². The van der Waals surface area contributed by atoms with Crippen LogP contribution in [-0.4, -0.2) is 46.5 Å². The van der Waals surface area contributed by atoms with Crippen LogP contribution in [0.15, 0.2) is 47.0 Å². The van der Waals surface area contributed by atoms with Crippen LogP contribution in [0.2, 0.25) is 0 Å². The first-order valence-electron chi connectivity index (χ1n) is 5.09. The van der Waals surface area contributed by atoms with Crippen LogP contribution in [0.5, 0.6) is 0 Å². The first-order valence-corrected chi connectivity index (χ1v) is 5.09. The van der Waals surface area contributed by atoms with Crippen molar-refractivity contribution in [2.24, 2.45) is 9.98 Å². The van der Waals surface area contributed by atoms with Crippen LogP contribution < -0.4 is 0 Å². The molecule has 0 aliphatic heterocycles. The molecule has 0 aromatic carbocycles. The molecular weight excluding hydrogens is 704 g/mol. The summed E-state index contributed by atoms with van der Waals surface area (Å²) >= 11 is 0. The van der Waals surface area contributed by atoms with Crippen molar-refractivity contribution < 1.29 is 62.2 Å². The maximum absolute atomic E-state index is 3.90. The van der Waals surface area contributed by atoms with E-state index < -0.39 is 0 Å². The quantitative estimate of drug-likeness (QED) is 0.341. The third-order valence-electron chi connectivity index (χ3n) is 1.57. The van der Waals surface area contributed by atoms with E-state index in [1.54, 1.807) is 51.1 Å². The van der Waals surface area contributed by atoms with Crippen LogP contribution >= 0.6 is 0 Å². The van der Waals surface area contributed by atoms with E-state index in [0.717, 1.165) is 0 Å². The van der Waals surface area contributed by atoms with Gasteiger partial charge in [0.1, 0.15) is 0 Å². The van der Waals surface area contributed by atoms with E-state index in [2.05, 4.69) is 42.3 Å². The average Bonchev–Trinajstić information content (AvgIpc) is 2.43. The first kappa shape index (κ1) is 21.9. The van der Waals surface area contributed by atoms with E-state index >= 15 is 0 Å². The predicted octanol–water partition coefficient (Wildman–Crippen LogP) is 0.805. The van der Waals surface area contributed by atoms with Gasteiger partial charge in [-0.25, -0.2) is 0 Å². The fourth-order valence-electron chi connectivity index (χ4n) is 0.928. The zero-order chi connectivity index (χ0) is 13.1. The van der Waals surface area contributed by atoms with Crippen LogP contribution in [0.25, 0.3) is 0 Å². The van der Waals surface area contributed by atoms with Crippen molar-refractivity contribution in [2.45, 2.75) is 0 Å². The molecule has 6 nitrogen and oxygen atoms in total. The molecular formula is C12H12N6U2-2. The van der Waals surface area contributed by atoms with Gasteiger partial charge >= 0.3 is 0 Å². The summed E-state index contributed by atoms with van der Waals surface area (Å²) in [5, 5.41) is 0. The third-order valence-corrected chi connectivity index (χ3v) is 1.57. The van der Waals surface area contributed by atoms with Gasteiger partial charge < -0.3 is 21.2 Å². The molecule has 2 rings (SSSR count). The topological polar surface area (TPSA) is 76.3 Å². The van der Waals surface area contributed by atoms with Crippen molar-refractivity contribution in [1.82, 2.24) is 19.9 Å². The fraction of sp³-hybridized carbons (Fsp3) is 0.167. The molecule has 2 aromatic rings. The summed E-state index contributed by atoms with van der Waals surface area (Å²) in [7, 11) is 3.28. The summed E-state index contributed by atoms with van der Waals surface area (Å²) < 4.78 is 0. The smallest absolute Gasteiger partial charge is 0.0403 e. The normalized spacial score (nSPS) is 9.30. The van der Waals surface area contributed by atoms with Crippen LogP contribution in [0.3, 0.4) is 0 Å². The second-order valence-corrected chi connectivity index (χ2v) is 2.83. The maximum Gasteiger partial charge on any atom is 0.0403 e. The Bertz CT molecular complexity index is 442. The average molecular weight is 716 g/mol. The van der Waals surface area contributed by atoms with Gasteiger partial charge in [0.05, 0.1) is 0 Å². The molecule has 0 spiro atoms. The molecule has 2 aromatic heterocycles. The summed E-state index contributed by atoms with van der Waals surface area (Å²) in [5.74, 6) is 0.528. The van der Waals surface area contributed by atoms with Crippen molar-refractivity contribution in [3.05, 3.63) is 48.6 Å². The standard InChI is InChI=1S/2C6H6N3.2U/c1-7-4-6-5-8-2-3-9-6;1-7-5-6-8-3-2-4-9-6;;/h2-3,5H,1H3;2-4H,1H3;;/q2*-1;;. The van der Waals surface area contributed by atoms with Gasteiger partial charge in [0.25, 0.3) is 0 Å². The minimum atomic E-state index is 0. The number of aliphatic imine (C=N–C) groups is 2. The zero-order valence-electron chi connectivity index (χ0n) is 11.1. The Morgan fingerprint density at radius 1 is 0.850 bits per heavy atom. The minimum absolute atomic E-state index is 0. The third kappa shape index (κ3) is 10.4. The number of hydrogen-bond acceptors (Lipinski definition) is 6. The molecule has 8 heteroatoms. The molecule has 0 aliphatic carbocycles. The molecule has 0 bridgehead atoms. The van der Waals surface area contributed by atoms with Crippen LogP contribution in [0, 0.1) is 62.2 Å². The van der Waals surface area contributed by atoms with E-state index in [-0.39, 0.29) is 62.2 Å². The molecule has 2 heterocycles. The Kier molecular flexibility index (Phi) is 16.4. The van der Waals surface area contributed by atoms with Crippen molar-refractivity contribution in [3.8, 4) is 0 Å². The van der Waals surface area contributed by atoms with E-state index in [9.17, 15) is 0 Å². The molecule has 0 radical (unpaired) electrons. The number of nitrogens with zero attached hydrogens (tertiary/aromatic N) is 6. The predicted molar refractivity (Wildman–Crippen MR) is 69.0 cm³/mol. The molecule has 0 N–H and O–H groups in total. The minimum Gasteiger partial charge on any atom is -0.498 e. The Labute approximate surface area is 165 Å². The van der Waals surface area contributed by atoms with Gasteiger partial charge in [-0.05, 0) is 18.9 Å². The first-order chi connectivity index (χ1) is 8.86. The Morgan fingerprint density at radius 3 is 2.00 bits per heavy atom. The number of aromatic nitrogens is 4. The van der Waals surface area contributed by atoms with Gasteiger partial charge in [0.2, 0.25) is 0 Å². The van der Waals surface area contributed by atoms with Gasteiger partial charge in [-0.2, -0.15) is 0 Å². The molecule has 100 valence electrons. The van der Waals surface area contributed by atoms with Gasteiger partial charge in [0.15, 0.2) is 0 Å². The van der Waals surface area contributed by atoms with Gasteiger partial charge in [-0.15, -0.1) is 6.21 Å². The van der Waals surface area contributed by atoms with E-state index in [4.69, 9.17) is 0 Å². The van der Waals surface area contributed by atoms with Gasteiger partial charge in [-0.3, -0.25) is 15.0 Å². The van der Waals surface area contributed by atoms with Crippen molar-refractivity contribution in [3.63, 3.8) is 0 Å². The van der Waals surface area contributed by atoms with Gasteiger partial charge in [-0.1, -0.05) is 11.9 Å². The van der Waals surface area contributed by atoms with E-state index in [1.165, 1.54) is 0 Å². The summed E-state index contributed by atoms with van der Waals surface area (Å²) in [6.45, 7) is 0. The monoisotopic (exact) mass is 716 g/mol. The largest absolute Gasteiger partial charge is 0.498 e. The summed E-state index contributed by atoms with van der Waals surface area (Å²) in [6, 6.07) is 1.75. The van der Waals surface area contributed by atoms with Crippen molar-refractivity contribution in [1.29, 1.82) is 0 Å². The zero-order valence-corrected chi connectivity index (χ0v) is 19.5. The van der Waals surface area contributed by atoms with Crippen molar-refractivity contribution in [2.75, 3.05) is 14.1 Å². The summed E-state index contributed by atoms with van der Waals surface area (Å²) in [5.41, 5.74) is 0.667. The molecule has 0 aliphatic rings. The van der Waals surface area contributed by atoms with Crippen LogP contribution in [0.4, 0.5) is 0 Å². The molecule has 0 saturated heterocycles. The Morgan fingerprint density at radius 2 is 1.50 bits per heavy atom. The summed E-state index contributed by atoms with van der Waals surface area (Å²) in [4.78, 5) is 22.7. The second kappa shape index (κ2) is 15.0. The Balaban J connectivity index is 0. The molecule has 0 saturated carbocycles. The molecule has 0 unspecified atom stereocenters. The number of hydrogen-bond donors (Lipinski definition) is 0. The van der Waals surface area contributed by atoms with E-state index in [1.807, 2.05) is 0 Å². The Hall–Kier alpha value is -0.396.